The summed E-state index contributed by atoms with van der Waals surface area (Å²) in [6, 6.07) is 4.82. The lowest BCUT2D eigenvalue weighted by atomic mass is 9.74. The third-order valence-corrected chi connectivity index (χ3v) is 4.54. The summed E-state index contributed by atoms with van der Waals surface area (Å²) in [6.45, 7) is 10.7. The third-order valence-electron chi connectivity index (χ3n) is 4.54. The zero-order valence-corrected chi connectivity index (χ0v) is 13.2. The van der Waals surface area contributed by atoms with Crippen LogP contribution in [0, 0.1) is 32.6 Å². The molecule has 3 N–H and O–H groups in total. The number of carbonyl (C=O) groups is 1. The van der Waals surface area contributed by atoms with Gasteiger partial charge in [-0.1, -0.05) is 24.6 Å². The molecule has 20 heavy (non-hydrogen) atoms. The molecule has 110 valence electrons. The van der Waals surface area contributed by atoms with Crippen molar-refractivity contribution in [2.24, 2.45) is 17.6 Å². The number of nitrogens with one attached hydrogen (secondary N) is 1. The van der Waals surface area contributed by atoms with E-state index >= 15 is 0 Å². The maximum Gasteiger partial charge on any atom is 0.222 e. The van der Waals surface area contributed by atoms with Gasteiger partial charge in [-0.2, -0.15) is 0 Å². The first-order chi connectivity index (χ1) is 9.31. The van der Waals surface area contributed by atoms with Gasteiger partial charge in [0.15, 0.2) is 0 Å². The minimum atomic E-state index is -0.193. The predicted octanol–water partition coefficient (Wildman–Crippen LogP) is 2.77. The van der Waals surface area contributed by atoms with Gasteiger partial charge in [0.1, 0.15) is 0 Å². The number of nitrogens with two attached hydrogens (primary N) is 1. The van der Waals surface area contributed by atoms with Crippen LogP contribution in [0.2, 0.25) is 0 Å². The van der Waals surface area contributed by atoms with Crippen molar-refractivity contribution in [1.82, 2.24) is 5.32 Å². The van der Waals surface area contributed by atoms with Gasteiger partial charge >= 0.3 is 0 Å². The smallest absolute Gasteiger partial charge is 0.222 e. The summed E-state index contributed by atoms with van der Waals surface area (Å²) >= 11 is 0. The van der Waals surface area contributed by atoms with Crippen molar-refractivity contribution in [1.29, 1.82) is 0 Å². The Morgan fingerprint density at radius 1 is 1.20 bits per heavy atom. The fourth-order valence-corrected chi connectivity index (χ4v) is 3.90. The summed E-state index contributed by atoms with van der Waals surface area (Å²) in [5.74, 6) is -0.0126. The Morgan fingerprint density at radius 3 is 2.25 bits per heavy atom. The fraction of sp³-hybridized carbons (Fsp3) is 0.588. The number of carbonyl (C=O) groups excluding carboxylic acids is 1. The first-order valence-electron chi connectivity index (χ1n) is 7.44. The van der Waals surface area contributed by atoms with Crippen LogP contribution in [0.25, 0.3) is 0 Å². The summed E-state index contributed by atoms with van der Waals surface area (Å²) in [6.07, 6.45) is 0.994. The molecule has 0 saturated carbocycles. The number of aryl methyl sites for hydroxylation is 3. The number of primary amides is 1. The van der Waals surface area contributed by atoms with Gasteiger partial charge in [0.05, 0.1) is 5.92 Å². The molecular weight excluding hydrogens is 248 g/mol. The molecule has 1 aliphatic rings. The highest BCUT2D eigenvalue weighted by atomic mass is 16.1. The van der Waals surface area contributed by atoms with E-state index < -0.39 is 0 Å². The Kier molecular flexibility index (Phi) is 4.19. The van der Waals surface area contributed by atoms with Gasteiger partial charge in [0, 0.05) is 12.1 Å². The van der Waals surface area contributed by atoms with Crippen LogP contribution in [0.15, 0.2) is 12.1 Å². The topological polar surface area (TPSA) is 55.1 Å². The standard InChI is InChI=1S/C17H26N2O/c1-9-6-10(2)14(11(3)7-9)16-15(17(18)20)12(4)8-13(5)19-16/h6-7,12-13,15-16,19H,8H2,1-5H3,(H2,18,20). The van der Waals surface area contributed by atoms with E-state index in [0.29, 0.717) is 12.0 Å². The number of rotatable bonds is 2. The Hall–Kier alpha value is -1.35. The van der Waals surface area contributed by atoms with E-state index in [1.807, 2.05) is 0 Å². The molecule has 1 aliphatic heterocycles. The average Bonchev–Trinajstić information content (AvgIpc) is 2.25. The van der Waals surface area contributed by atoms with Gasteiger partial charge in [0.2, 0.25) is 5.91 Å². The van der Waals surface area contributed by atoms with Crippen LogP contribution >= 0.6 is 0 Å². The summed E-state index contributed by atoms with van der Waals surface area (Å²) in [7, 11) is 0. The van der Waals surface area contributed by atoms with Gasteiger partial charge < -0.3 is 11.1 Å². The second-order valence-electron chi connectivity index (χ2n) is 6.50. The Labute approximate surface area is 121 Å². The highest BCUT2D eigenvalue weighted by Crippen LogP contribution is 2.38. The van der Waals surface area contributed by atoms with Gasteiger partial charge in [-0.15, -0.1) is 0 Å². The van der Waals surface area contributed by atoms with Crippen LogP contribution < -0.4 is 11.1 Å². The quantitative estimate of drug-likeness (QED) is 0.871. The van der Waals surface area contributed by atoms with Crippen LogP contribution in [0.5, 0.6) is 0 Å². The van der Waals surface area contributed by atoms with Crippen LogP contribution in [0.4, 0.5) is 0 Å². The maximum atomic E-state index is 11.9. The van der Waals surface area contributed by atoms with E-state index in [1.54, 1.807) is 0 Å². The van der Waals surface area contributed by atoms with Gasteiger partial charge in [-0.3, -0.25) is 4.79 Å². The second-order valence-corrected chi connectivity index (χ2v) is 6.50. The molecule has 4 atom stereocenters. The predicted molar refractivity (Wildman–Crippen MR) is 82.5 cm³/mol. The molecule has 0 aromatic heterocycles. The van der Waals surface area contributed by atoms with E-state index in [9.17, 15) is 4.79 Å². The van der Waals surface area contributed by atoms with Crippen molar-refractivity contribution in [2.75, 3.05) is 0 Å². The molecule has 0 bridgehead atoms. The Morgan fingerprint density at radius 2 is 1.75 bits per heavy atom. The summed E-state index contributed by atoms with van der Waals surface area (Å²) in [5.41, 5.74) is 10.7. The van der Waals surface area contributed by atoms with E-state index in [-0.39, 0.29) is 17.9 Å². The number of piperidine rings is 1. The molecule has 0 spiro atoms. The molecule has 3 nitrogen and oxygen atoms in total. The van der Waals surface area contributed by atoms with Crippen molar-refractivity contribution in [2.45, 2.75) is 53.1 Å². The van der Waals surface area contributed by atoms with Crippen molar-refractivity contribution in [3.8, 4) is 0 Å². The second kappa shape index (κ2) is 5.57. The molecular formula is C17H26N2O. The highest BCUT2D eigenvalue weighted by Gasteiger charge is 2.39. The first-order valence-corrected chi connectivity index (χ1v) is 7.44. The number of hydrogen-bond donors (Lipinski definition) is 2. The van der Waals surface area contributed by atoms with Gasteiger partial charge in [0.25, 0.3) is 0 Å². The van der Waals surface area contributed by atoms with E-state index in [4.69, 9.17) is 5.73 Å². The molecule has 4 unspecified atom stereocenters. The number of amides is 1. The molecule has 3 heteroatoms. The highest BCUT2D eigenvalue weighted by molar-refractivity contribution is 5.78. The summed E-state index contributed by atoms with van der Waals surface area (Å²) in [5, 5.41) is 3.59. The van der Waals surface area contributed by atoms with Crippen LogP contribution in [0.1, 0.15) is 48.6 Å². The SMILES string of the molecule is Cc1cc(C)c(C2NC(C)CC(C)C2C(N)=O)c(C)c1. The molecule has 1 heterocycles. The number of hydrogen-bond acceptors (Lipinski definition) is 2. The van der Waals surface area contributed by atoms with Gasteiger partial charge in [-0.25, -0.2) is 0 Å². The summed E-state index contributed by atoms with van der Waals surface area (Å²) in [4.78, 5) is 11.9. The monoisotopic (exact) mass is 274 g/mol. The van der Waals surface area contributed by atoms with Crippen molar-refractivity contribution >= 4 is 5.91 Å². The lowest BCUT2D eigenvalue weighted by molar-refractivity contribution is -0.125. The van der Waals surface area contributed by atoms with Gasteiger partial charge in [-0.05, 0) is 56.7 Å². The number of benzene rings is 1. The molecule has 1 amide bonds. The molecule has 2 rings (SSSR count). The molecule has 1 fully saturated rings. The third kappa shape index (κ3) is 2.73. The largest absolute Gasteiger partial charge is 0.369 e. The van der Waals surface area contributed by atoms with E-state index in [0.717, 1.165) is 6.42 Å². The normalized spacial score (nSPS) is 30.2. The van der Waals surface area contributed by atoms with Crippen molar-refractivity contribution in [3.63, 3.8) is 0 Å². The van der Waals surface area contributed by atoms with Crippen LogP contribution in [0.3, 0.4) is 0 Å². The Balaban J connectivity index is 2.50. The lowest BCUT2D eigenvalue weighted by Gasteiger charge is -2.40. The minimum absolute atomic E-state index is 0.0341. The van der Waals surface area contributed by atoms with Crippen molar-refractivity contribution in [3.05, 3.63) is 34.4 Å². The average molecular weight is 274 g/mol. The molecule has 1 saturated heterocycles. The molecule has 0 radical (unpaired) electrons. The van der Waals surface area contributed by atoms with Crippen LogP contribution in [-0.4, -0.2) is 11.9 Å². The fourth-order valence-electron chi connectivity index (χ4n) is 3.90. The van der Waals surface area contributed by atoms with Crippen molar-refractivity contribution < 1.29 is 4.79 Å². The zero-order valence-electron chi connectivity index (χ0n) is 13.2. The van der Waals surface area contributed by atoms with E-state index in [1.165, 1.54) is 22.3 Å². The summed E-state index contributed by atoms with van der Waals surface area (Å²) < 4.78 is 0. The zero-order chi connectivity index (χ0) is 15.0. The van der Waals surface area contributed by atoms with Crippen LogP contribution in [-0.2, 0) is 4.79 Å². The molecule has 0 aliphatic carbocycles. The van der Waals surface area contributed by atoms with E-state index in [2.05, 4.69) is 52.1 Å². The molecule has 1 aromatic carbocycles. The maximum absolute atomic E-state index is 11.9. The lowest BCUT2D eigenvalue weighted by Crippen LogP contribution is -2.49. The Bertz CT molecular complexity index is 501. The minimum Gasteiger partial charge on any atom is -0.369 e. The first kappa shape index (κ1) is 15.0. The molecule has 1 aromatic rings.